The number of halogens is 3. The van der Waals surface area contributed by atoms with Crippen molar-refractivity contribution in [3.63, 3.8) is 0 Å². The highest BCUT2D eigenvalue weighted by atomic mass is 32.1. The number of hydrogen-bond donors (Lipinski definition) is 1. The van der Waals surface area contributed by atoms with Gasteiger partial charge in [-0.05, 0) is 13.5 Å². The fraction of sp³-hybridized carbons (Fsp3) is 0.625. The summed E-state index contributed by atoms with van der Waals surface area (Å²) >= 11 is 1.09. The Hall–Kier alpha value is -0.620. The van der Waals surface area contributed by atoms with Gasteiger partial charge in [0.25, 0.3) is 0 Å². The van der Waals surface area contributed by atoms with Gasteiger partial charge in [-0.15, -0.1) is 11.3 Å². The molecule has 0 spiro atoms. The molecule has 80 valence electrons. The Labute approximate surface area is 84.2 Å². The van der Waals surface area contributed by atoms with Crippen LogP contribution in [0.1, 0.15) is 22.5 Å². The van der Waals surface area contributed by atoms with Gasteiger partial charge in [0.1, 0.15) is 0 Å². The fourth-order valence-corrected chi connectivity index (χ4v) is 1.97. The maximum Gasteiger partial charge on any atom is 0.434 e. The zero-order chi connectivity index (χ0) is 10.8. The molecule has 0 aliphatic rings. The smallest absolute Gasteiger partial charge is 0.312 e. The lowest BCUT2D eigenvalue weighted by Crippen LogP contribution is -2.15. The molecule has 0 fully saturated rings. The summed E-state index contributed by atoms with van der Waals surface area (Å²) in [5, 5.41) is 3.31. The van der Waals surface area contributed by atoms with Crippen molar-refractivity contribution >= 4 is 11.3 Å². The van der Waals surface area contributed by atoms with Gasteiger partial charge < -0.3 is 5.32 Å². The molecule has 1 aromatic rings. The molecule has 0 aromatic carbocycles. The predicted molar refractivity (Wildman–Crippen MR) is 49.2 cm³/mol. The van der Waals surface area contributed by atoms with E-state index in [-0.39, 0.29) is 11.4 Å². The van der Waals surface area contributed by atoms with E-state index in [2.05, 4.69) is 10.3 Å². The van der Waals surface area contributed by atoms with Crippen LogP contribution in [0.15, 0.2) is 0 Å². The zero-order valence-electron chi connectivity index (χ0n) is 7.90. The van der Waals surface area contributed by atoms with Crippen molar-refractivity contribution in [1.29, 1.82) is 0 Å². The molecule has 0 aliphatic heterocycles. The van der Waals surface area contributed by atoms with Crippen LogP contribution in [-0.2, 0) is 12.7 Å². The van der Waals surface area contributed by atoms with E-state index >= 15 is 0 Å². The lowest BCUT2D eigenvalue weighted by Gasteiger charge is -2.05. The summed E-state index contributed by atoms with van der Waals surface area (Å²) in [6.45, 7) is 4.31. The molecule has 0 atom stereocenters. The summed E-state index contributed by atoms with van der Waals surface area (Å²) in [5.41, 5.74) is -0.749. The van der Waals surface area contributed by atoms with Gasteiger partial charge >= 0.3 is 6.18 Å². The second-order valence-electron chi connectivity index (χ2n) is 2.78. The highest BCUT2D eigenvalue weighted by molar-refractivity contribution is 7.11. The lowest BCUT2D eigenvalue weighted by molar-refractivity contribution is -0.141. The molecular formula is C8H11F3N2S. The molecule has 6 heteroatoms. The summed E-state index contributed by atoms with van der Waals surface area (Å²) in [4.78, 5) is 3.75. The van der Waals surface area contributed by atoms with Gasteiger partial charge in [-0.1, -0.05) is 6.92 Å². The minimum atomic E-state index is -4.34. The third-order valence-electron chi connectivity index (χ3n) is 1.61. The van der Waals surface area contributed by atoms with Crippen LogP contribution in [0.5, 0.6) is 0 Å². The van der Waals surface area contributed by atoms with Crippen LogP contribution in [0.2, 0.25) is 0 Å². The van der Waals surface area contributed by atoms with Crippen LogP contribution < -0.4 is 5.32 Å². The standard InChI is InChI=1S/C8H11F3N2S/c1-3-12-4-6-7(8(9,10)11)13-5(2)14-6/h12H,3-4H2,1-2H3. The first-order chi connectivity index (χ1) is 6.45. The number of alkyl halides is 3. The average Bonchev–Trinajstić information content (AvgIpc) is 2.42. The second kappa shape index (κ2) is 4.27. The topological polar surface area (TPSA) is 24.9 Å². The molecule has 0 aliphatic carbocycles. The number of rotatable bonds is 3. The quantitative estimate of drug-likeness (QED) is 0.853. The van der Waals surface area contributed by atoms with E-state index in [1.807, 2.05) is 6.92 Å². The Morgan fingerprint density at radius 2 is 2.07 bits per heavy atom. The Morgan fingerprint density at radius 3 is 2.57 bits per heavy atom. The SMILES string of the molecule is CCNCc1sc(C)nc1C(F)(F)F. The van der Waals surface area contributed by atoms with E-state index in [1.165, 1.54) is 0 Å². The van der Waals surface area contributed by atoms with Gasteiger partial charge in [0.05, 0.1) is 9.88 Å². The molecule has 1 heterocycles. The minimum Gasteiger partial charge on any atom is -0.312 e. The Balaban J connectivity index is 2.91. The van der Waals surface area contributed by atoms with E-state index in [0.29, 0.717) is 11.6 Å². The van der Waals surface area contributed by atoms with Gasteiger partial charge in [-0.25, -0.2) is 4.98 Å². The number of thiazole rings is 1. The van der Waals surface area contributed by atoms with Crippen molar-refractivity contribution < 1.29 is 13.2 Å². The molecule has 1 aromatic heterocycles. The van der Waals surface area contributed by atoms with Crippen molar-refractivity contribution in [2.45, 2.75) is 26.6 Å². The van der Waals surface area contributed by atoms with Crippen LogP contribution in [-0.4, -0.2) is 11.5 Å². The van der Waals surface area contributed by atoms with Crippen molar-refractivity contribution in [3.05, 3.63) is 15.6 Å². The van der Waals surface area contributed by atoms with Crippen LogP contribution in [0, 0.1) is 6.92 Å². The summed E-state index contributed by atoms with van der Waals surface area (Å²) in [5.74, 6) is 0. The highest BCUT2D eigenvalue weighted by Gasteiger charge is 2.36. The number of nitrogens with one attached hydrogen (secondary N) is 1. The first-order valence-corrected chi connectivity index (χ1v) is 5.01. The van der Waals surface area contributed by atoms with E-state index in [0.717, 1.165) is 11.3 Å². The van der Waals surface area contributed by atoms with Gasteiger partial charge in [0.2, 0.25) is 0 Å². The monoisotopic (exact) mass is 224 g/mol. The number of hydrogen-bond acceptors (Lipinski definition) is 3. The summed E-state index contributed by atoms with van der Waals surface area (Å²) in [7, 11) is 0. The molecule has 1 rings (SSSR count). The average molecular weight is 224 g/mol. The third kappa shape index (κ3) is 2.68. The van der Waals surface area contributed by atoms with E-state index in [9.17, 15) is 13.2 Å². The summed E-state index contributed by atoms with van der Waals surface area (Å²) in [6, 6.07) is 0. The molecule has 14 heavy (non-hydrogen) atoms. The molecule has 0 saturated heterocycles. The molecule has 0 amide bonds. The normalized spacial score (nSPS) is 12.1. The number of aryl methyl sites for hydroxylation is 1. The van der Waals surface area contributed by atoms with Gasteiger partial charge in [-0.2, -0.15) is 13.2 Å². The largest absolute Gasteiger partial charge is 0.434 e. The maximum atomic E-state index is 12.4. The van der Waals surface area contributed by atoms with Gasteiger partial charge in [0, 0.05) is 6.54 Å². The van der Waals surface area contributed by atoms with Crippen molar-refractivity contribution in [2.75, 3.05) is 6.54 Å². The van der Waals surface area contributed by atoms with Crippen LogP contribution in [0.3, 0.4) is 0 Å². The molecule has 2 nitrogen and oxygen atoms in total. The molecule has 1 N–H and O–H groups in total. The maximum absolute atomic E-state index is 12.4. The lowest BCUT2D eigenvalue weighted by atomic mass is 10.3. The van der Waals surface area contributed by atoms with Crippen molar-refractivity contribution in [1.82, 2.24) is 10.3 Å². The number of nitrogens with zero attached hydrogens (tertiary/aromatic N) is 1. The Morgan fingerprint density at radius 1 is 1.43 bits per heavy atom. The Kier molecular flexibility index (Phi) is 3.49. The fourth-order valence-electron chi connectivity index (χ4n) is 1.05. The van der Waals surface area contributed by atoms with Crippen LogP contribution in [0.4, 0.5) is 13.2 Å². The summed E-state index contributed by atoms with van der Waals surface area (Å²) < 4.78 is 37.2. The zero-order valence-corrected chi connectivity index (χ0v) is 8.72. The number of aromatic nitrogens is 1. The molecule has 0 bridgehead atoms. The van der Waals surface area contributed by atoms with E-state index in [4.69, 9.17) is 0 Å². The van der Waals surface area contributed by atoms with Gasteiger partial charge in [0.15, 0.2) is 5.69 Å². The predicted octanol–water partition coefficient (Wildman–Crippen LogP) is 2.58. The van der Waals surface area contributed by atoms with Crippen molar-refractivity contribution in [3.8, 4) is 0 Å². The van der Waals surface area contributed by atoms with E-state index in [1.54, 1.807) is 6.92 Å². The highest BCUT2D eigenvalue weighted by Crippen LogP contribution is 2.33. The second-order valence-corrected chi connectivity index (χ2v) is 4.07. The van der Waals surface area contributed by atoms with Crippen LogP contribution in [0.25, 0.3) is 0 Å². The minimum absolute atomic E-state index is 0.233. The van der Waals surface area contributed by atoms with E-state index < -0.39 is 11.9 Å². The van der Waals surface area contributed by atoms with Crippen LogP contribution >= 0.6 is 11.3 Å². The molecular weight excluding hydrogens is 213 g/mol. The molecule has 0 unspecified atom stereocenters. The summed E-state index contributed by atoms with van der Waals surface area (Å²) in [6.07, 6.45) is -4.34. The molecule has 0 saturated carbocycles. The molecule has 0 radical (unpaired) electrons. The first kappa shape index (κ1) is 11.5. The van der Waals surface area contributed by atoms with Crippen molar-refractivity contribution in [2.24, 2.45) is 0 Å². The van der Waals surface area contributed by atoms with Gasteiger partial charge in [-0.3, -0.25) is 0 Å². The third-order valence-corrected chi connectivity index (χ3v) is 2.58. The Bertz CT molecular complexity index is 306. The first-order valence-electron chi connectivity index (χ1n) is 4.19.